The molecule has 2 unspecified atom stereocenters. The molecule has 0 spiro atoms. The lowest BCUT2D eigenvalue weighted by Gasteiger charge is -2.36. The van der Waals surface area contributed by atoms with Crippen molar-refractivity contribution in [2.75, 3.05) is 19.6 Å². The SMILES string of the molecule is Cc1ccc(C)c(CN2CC(C)OC(CN)C2)c1. The number of hydrogen-bond acceptors (Lipinski definition) is 3. The van der Waals surface area contributed by atoms with Crippen LogP contribution in [0, 0.1) is 13.8 Å². The number of nitrogens with two attached hydrogens (primary N) is 1. The van der Waals surface area contributed by atoms with E-state index in [1.165, 1.54) is 16.7 Å². The molecule has 1 heterocycles. The highest BCUT2D eigenvalue weighted by Gasteiger charge is 2.24. The fourth-order valence-corrected chi connectivity index (χ4v) is 2.61. The zero-order chi connectivity index (χ0) is 13.1. The summed E-state index contributed by atoms with van der Waals surface area (Å²) < 4.78 is 5.79. The van der Waals surface area contributed by atoms with Crippen LogP contribution in [0.25, 0.3) is 0 Å². The molecule has 2 atom stereocenters. The van der Waals surface area contributed by atoms with Gasteiger partial charge in [-0.15, -0.1) is 0 Å². The number of morpholine rings is 1. The van der Waals surface area contributed by atoms with Crippen LogP contribution in [-0.2, 0) is 11.3 Å². The van der Waals surface area contributed by atoms with E-state index in [-0.39, 0.29) is 12.2 Å². The zero-order valence-electron chi connectivity index (χ0n) is 11.6. The van der Waals surface area contributed by atoms with E-state index in [1.54, 1.807) is 0 Å². The summed E-state index contributed by atoms with van der Waals surface area (Å²) in [7, 11) is 0. The molecule has 0 aromatic heterocycles. The van der Waals surface area contributed by atoms with Crippen LogP contribution >= 0.6 is 0 Å². The molecule has 2 N–H and O–H groups in total. The molecule has 100 valence electrons. The Balaban J connectivity index is 2.06. The molecule has 1 fully saturated rings. The summed E-state index contributed by atoms with van der Waals surface area (Å²) >= 11 is 0. The van der Waals surface area contributed by atoms with Gasteiger partial charge in [-0.25, -0.2) is 0 Å². The summed E-state index contributed by atoms with van der Waals surface area (Å²) in [6, 6.07) is 6.66. The van der Waals surface area contributed by atoms with Crippen LogP contribution in [0.15, 0.2) is 18.2 Å². The van der Waals surface area contributed by atoms with Gasteiger partial charge < -0.3 is 10.5 Å². The molecule has 3 heteroatoms. The normalized spacial score (nSPS) is 25.3. The topological polar surface area (TPSA) is 38.5 Å². The largest absolute Gasteiger partial charge is 0.371 e. The predicted octanol–water partition coefficient (Wildman–Crippen LogP) is 1.85. The Bertz CT molecular complexity index is 405. The molecule has 0 radical (unpaired) electrons. The lowest BCUT2D eigenvalue weighted by molar-refractivity contribution is -0.0745. The standard InChI is InChI=1S/C15H24N2O/c1-11-4-5-12(2)14(6-11)9-17-8-13(3)18-15(7-16)10-17/h4-6,13,15H,7-10,16H2,1-3H3. The van der Waals surface area contributed by atoms with Crippen molar-refractivity contribution in [1.82, 2.24) is 4.90 Å². The van der Waals surface area contributed by atoms with Crippen LogP contribution in [0.3, 0.4) is 0 Å². The van der Waals surface area contributed by atoms with Crippen LogP contribution in [0.4, 0.5) is 0 Å². The molecule has 1 aliphatic rings. The number of ether oxygens (including phenoxy) is 1. The van der Waals surface area contributed by atoms with Gasteiger partial charge in [0.05, 0.1) is 12.2 Å². The Kier molecular flexibility index (Phi) is 4.38. The summed E-state index contributed by atoms with van der Waals surface area (Å²) in [6.45, 7) is 9.98. The second-order valence-electron chi connectivity index (χ2n) is 5.43. The van der Waals surface area contributed by atoms with Crippen LogP contribution in [0.5, 0.6) is 0 Å². The number of rotatable bonds is 3. The van der Waals surface area contributed by atoms with Gasteiger partial charge in [-0.3, -0.25) is 4.90 Å². The summed E-state index contributed by atoms with van der Waals surface area (Å²) in [5.41, 5.74) is 9.83. The van der Waals surface area contributed by atoms with Gasteiger partial charge in [0.1, 0.15) is 0 Å². The number of aryl methyl sites for hydroxylation is 2. The first kappa shape index (κ1) is 13.5. The third-order valence-corrected chi connectivity index (χ3v) is 3.56. The molecule has 1 saturated heterocycles. The fourth-order valence-electron chi connectivity index (χ4n) is 2.61. The Labute approximate surface area is 110 Å². The summed E-state index contributed by atoms with van der Waals surface area (Å²) in [4.78, 5) is 2.45. The smallest absolute Gasteiger partial charge is 0.0828 e. The molecule has 0 saturated carbocycles. The van der Waals surface area contributed by atoms with E-state index < -0.39 is 0 Å². The van der Waals surface area contributed by atoms with E-state index in [0.717, 1.165) is 19.6 Å². The van der Waals surface area contributed by atoms with Gasteiger partial charge in [0.25, 0.3) is 0 Å². The van der Waals surface area contributed by atoms with Gasteiger partial charge >= 0.3 is 0 Å². The first-order chi connectivity index (χ1) is 8.58. The first-order valence-corrected chi connectivity index (χ1v) is 6.72. The Morgan fingerprint density at radius 2 is 2.11 bits per heavy atom. The first-order valence-electron chi connectivity index (χ1n) is 6.72. The Morgan fingerprint density at radius 3 is 2.83 bits per heavy atom. The Hall–Kier alpha value is -0.900. The maximum absolute atomic E-state index is 5.79. The van der Waals surface area contributed by atoms with Crippen LogP contribution < -0.4 is 5.73 Å². The van der Waals surface area contributed by atoms with Crippen molar-refractivity contribution in [3.8, 4) is 0 Å². The van der Waals surface area contributed by atoms with Crippen molar-refractivity contribution in [3.63, 3.8) is 0 Å². The minimum absolute atomic E-state index is 0.180. The molecular formula is C15H24N2O. The van der Waals surface area contributed by atoms with Crippen LogP contribution in [0.1, 0.15) is 23.6 Å². The molecule has 1 aliphatic heterocycles. The maximum atomic E-state index is 5.79. The summed E-state index contributed by atoms with van der Waals surface area (Å²) in [5.74, 6) is 0. The van der Waals surface area contributed by atoms with Gasteiger partial charge in [0.2, 0.25) is 0 Å². The zero-order valence-corrected chi connectivity index (χ0v) is 11.6. The molecule has 1 aromatic rings. The van der Waals surface area contributed by atoms with Crippen molar-refractivity contribution in [2.45, 2.75) is 39.5 Å². The van der Waals surface area contributed by atoms with E-state index in [0.29, 0.717) is 6.54 Å². The quantitative estimate of drug-likeness (QED) is 0.887. The van der Waals surface area contributed by atoms with E-state index in [4.69, 9.17) is 10.5 Å². The third kappa shape index (κ3) is 3.31. The minimum atomic E-state index is 0.180. The highest BCUT2D eigenvalue weighted by atomic mass is 16.5. The van der Waals surface area contributed by atoms with Crippen molar-refractivity contribution in [3.05, 3.63) is 34.9 Å². The van der Waals surface area contributed by atoms with Crippen LogP contribution in [0.2, 0.25) is 0 Å². The lowest BCUT2D eigenvalue weighted by atomic mass is 10.0. The van der Waals surface area contributed by atoms with Gasteiger partial charge in [-0.05, 0) is 31.9 Å². The van der Waals surface area contributed by atoms with E-state index in [9.17, 15) is 0 Å². The molecule has 0 bridgehead atoms. The lowest BCUT2D eigenvalue weighted by Crippen LogP contribution is -2.48. The number of hydrogen-bond donors (Lipinski definition) is 1. The molecular weight excluding hydrogens is 224 g/mol. The van der Waals surface area contributed by atoms with E-state index in [2.05, 4.69) is 43.9 Å². The highest BCUT2D eigenvalue weighted by molar-refractivity contribution is 5.30. The summed E-state index contributed by atoms with van der Waals surface area (Å²) in [5, 5.41) is 0. The molecule has 2 rings (SSSR count). The Morgan fingerprint density at radius 1 is 1.33 bits per heavy atom. The van der Waals surface area contributed by atoms with E-state index in [1.807, 2.05) is 0 Å². The minimum Gasteiger partial charge on any atom is -0.371 e. The highest BCUT2D eigenvalue weighted by Crippen LogP contribution is 2.17. The number of nitrogens with zero attached hydrogens (tertiary/aromatic N) is 1. The van der Waals surface area contributed by atoms with Crippen LogP contribution in [-0.4, -0.2) is 36.7 Å². The maximum Gasteiger partial charge on any atom is 0.0828 e. The fraction of sp³-hybridized carbons (Fsp3) is 0.600. The molecule has 18 heavy (non-hydrogen) atoms. The predicted molar refractivity (Wildman–Crippen MR) is 74.6 cm³/mol. The van der Waals surface area contributed by atoms with Gasteiger partial charge in [0.15, 0.2) is 0 Å². The average Bonchev–Trinajstić information content (AvgIpc) is 2.33. The third-order valence-electron chi connectivity index (χ3n) is 3.56. The second-order valence-corrected chi connectivity index (χ2v) is 5.43. The van der Waals surface area contributed by atoms with Gasteiger partial charge in [-0.1, -0.05) is 23.8 Å². The molecule has 1 aromatic carbocycles. The monoisotopic (exact) mass is 248 g/mol. The van der Waals surface area contributed by atoms with Crippen molar-refractivity contribution in [2.24, 2.45) is 5.73 Å². The molecule has 3 nitrogen and oxygen atoms in total. The summed E-state index contributed by atoms with van der Waals surface area (Å²) in [6.07, 6.45) is 0.455. The average molecular weight is 248 g/mol. The van der Waals surface area contributed by atoms with Crippen molar-refractivity contribution >= 4 is 0 Å². The van der Waals surface area contributed by atoms with Gasteiger partial charge in [-0.2, -0.15) is 0 Å². The van der Waals surface area contributed by atoms with Gasteiger partial charge in [0, 0.05) is 26.2 Å². The number of benzene rings is 1. The van der Waals surface area contributed by atoms with Crippen molar-refractivity contribution < 1.29 is 4.74 Å². The molecule has 0 amide bonds. The molecule has 0 aliphatic carbocycles. The van der Waals surface area contributed by atoms with E-state index >= 15 is 0 Å². The van der Waals surface area contributed by atoms with Crippen molar-refractivity contribution in [1.29, 1.82) is 0 Å². The second kappa shape index (κ2) is 5.83.